The number of hydrogen-bond acceptors (Lipinski definition) is 4. The minimum absolute atomic E-state index is 0.0392. The Labute approximate surface area is 144 Å². The van der Waals surface area contributed by atoms with Crippen molar-refractivity contribution >= 4 is 10.0 Å². The van der Waals surface area contributed by atoms with E-state index in [1.807, 2.05) is 0 Å². The molecule has 0 bridgehead atoms. The average molecular weight is 369 g/mol. The van der Waals surface area contributed by atoms with Gasteiger partial charge in [-0.1, -0.05) is 12.1 Å². The van der Waals surface area contributed by atoms with Gasteiger partial charge in [0.2, 0.25) is 10.0 Å². The first kappa shape index (κ1) is 17.8. The number of morpholine rings is 1. The summed E-state index contributed by atoms with van der Waals surface area (Å²) in [5, 5.41) is 0. The third-order valence-electron chi connectivity index (χ3n) is 3.80. The van der Waals surface area contributed by atoms with E-state index in [0.29, 0.717) is 31.9 Å². The Morgan fingerprint density at radius 2 is 1.80 bits per heavy atom. The molecule has 0 spiro atoms. The zero-order chi connectivity index (χ0) is 17.9. The first-order valence-corrected chi connectivity index (χ1v) is 9.15. The molecular weight excluding hydrogens is 352 g/mol. The molecule has 0 unspecified atom stereocenters. The number of halogens is 2. The molecule has 0 atom stereocenters. The molecule has 1 saturated heterocycles. The van der Waals surface area contributed by atoms with Gasteiger partial charge in [0.15, 0.2) is 11.6 Å². The highest BCUT2D eigenvalue weighted by Gasteiger charge is 2.26. The van der Waals surface area contributed by atoms with E-state index in [0.717, 1.165) is 12.1 Å². The summed E-state index contributed by atoms with van der Waals surface area (Å²) in [6.45, 7) is 1.42. The van der Waals surface area contributed by atoms with Gasteiger partial charge in [-0.3, -0.25) is 0 Å². The van der Waals surface area contributed by atoms with E-state index in [1.165, 1.54) is 22.5 Å². The lowest BCUT2D eigenvalue weighted by atomic mass is 10.2. The van der Waals surface area contributed by atoms with Crippen LogP contribution < -0.4 is 4.74 Å². The third kappa shape index (κ3) is 4.15. The van der Waals surface area contributed by atoms with Crippen LogP contribution in [-0.4, -0.2) is 39.0 Å². The van der Waals surface area contributed by atoms with Crippen LogP contribution in [0, 0.1) is 11.6 Å². The lowest BCUT2D eigenvalue weighted by molar-refractivity contribution is 0.0730. The molecule has 134 valence electrons. The SMILES string of the molecule is O=S(=O)(c1cccc(COc2ccc(F)c(F)c2)c1)N1CCOCC1. The fourth-order valence-corrected chi connectivity index (χ4v) is 3.94. The summed E-state index contributed by atoms with van der Waals surface area (Å²) in [4.78, 5) is 0.167. The molecule has 0 N–H and O–H groups in total. The minimum atomic E-state index is -3.59. The van der Waals surface area contributed by atoms with Crippen LogP contribution in [0.2, 0.25) is 0 Å². The average Bonchev–Trinajstić information content (AvgIpc) is 2.64. The summed E-state index contributed by atoms with van der Waals surface area (Å²) >= 11 is 0. The number of hydrogen-bond donors (Lipinski definition) is 0. The minimum Gasteiger partial charge on any atom is -0.489 e. The molecule has 1 aliphatic rings. The predicted molar refractivity (Wildman–Crippen MR) is 86.7 cm³/mol. The van der Waals surface area contributed by atoms with Crippen LogP contribution in [0.1, 0.15) is 5.56 Å². The van der Waals surface area contributed by atoms with E-state index in [2.05, 4.69) is 0 Å². The van der Waals surface area contributed by atoms with Gasteiger partial charge in [-0.25, -0.2) is 17.2 Å². The molecule has 0 saturated carbocycles. The largest absolute Gasteiger partial charge is 0.489 e. The fourth-order valence-electron chi connectivity index (χ4n) is 2.47. The number of nitrogens with zero attached hydrogens (tertiary/aromatic N) is 1. The predicted octanol–water partition coefficient (Wildman–Crippen LogP) is 2.56. The molecule has 2 aromatic rings. The highest BCUT2D eigenvalue weighted by molar-refractivity contribution is 7.89. The highest BCUT2D eigenvalue weighted by Crippen LogP contribution is 2.20. The zero-order valence-electron chi connectivity index (χ0n) is 13.3. The molecule has 3 rings (SSSR count). The van der Waals surface area contributed by atoms with Crippen molar-refractivity contribution in [2.75, 3.05) is 26.3 Å². The van der Waals surface area contributed by atoms with Crippen LogP contribution in [0.4, 0.5) is 8.78 Å². The first-order chi connectivity index (χ1) is 12.0. The molecule has 1 fully saturated rings. The van der Waals surface area contributed by atoms with Gasteiger partial charge in [-0.2, -0.15) is 4.31 Å². The molecule has 0 aromatic heterocycles. The molecule has 25 heavy (non-hydrogen) atoms. The molecular formula is C17H17F2NO4S. The Morgan fingerprint density at radius 3 is 2.52 bits per heavy atom. The summed E-state index contributed by atoms with van der Waals surface area (Å²) in [6.07, 6.45) is 0. The lowest BCUT2D eigenvalue weighted by Gasteiger charge is -2.26. The van der Waals surface area contributed by atoms with Gasteiger partial charge in [0.05, 0.1) is 18.1 Å². The summed E-state index contributed by atoms with van der Waals surface area (Å²) < 4.78 is 63.3. The number of benzene rings is 2. The van der Waals surface area contributed by atoms with Crippen LogP contribution in [0.3, 0.4) is 0 Å². The van der Waals surface area contributed by atoms with Gasteiger partial charge < -0.3 is 9.47 Å². The molecule has 0 aliphatic carbocycles. The number of sulfonamides is 1. The van der Waals surface area contributed by atoms with Gasteiger partial charge in [0, 0.05) is 19.2 Å². The van der Waals surface area contributed by atoms with Crippen LogP contribution in [0.15, 0.2) is 47.4 Å². The van der Waals surface area contributed by atoms with E-state index < -0.39 is 21.7 Å². The van der Waals surface area contributed by atoms with Crippen molar-refractivity contribution in [1.29, 1.82) is 0 Å². The summed E-state index contributed by atoms with van der Waals surface area (Å²) in [5.41, 5.74) is 0.610. The van der Waals surface area contributed by atoms with E-state index in [9.17, 15) is 17.2 Å². The molecule has 2 aromatic carbocycles. The van der Waals surface area contributed by atoms with Gasteiger partial charge >= 0.3 is 0 Å². The number of rotatable bonds is 5. The van der Waals surface area contributed by atoms with E-state index >= 15 is 0 Å². The summed E-state index contributed by atoms with van der Waals surface area (Å²) in [7, 11) is -3.59. The molecule has 5 nitrogen and oxygen atoms in total. The van der Waals surface area contributed by atoms with Crippen molar-refractivity contribution in [3.8, 4) is 5.75 Å². The van der Waals surface area contributed by atoms with Crippen molar-refractivity contribution < 1.29 is 26.7 Å². The van der Waals surface area contributed by atoms with Gasteiger partial charge in [0.1, 0.15) is 12.4 Å². The smallest absolute Gasteiger partial charge is 0.243 e. The second-order valence-electron chi connectivity index (χ2n) is 5.53. The van der Waals surface area contributed by atoms with E-state index in [4.69, 9.17) is 9.47 Å². The van der Waals surface area contributed by atoms with Crippen LogP contribution >= 0.6 is 0 Å². The van der Waals surface area contributed by atoms with E-state index in [-0.39, 0.29) is 17.3 Å². The van der Waals surface area contributed by atoms with Crippen molar-refractivity contribution in [2.45, 2.75) is 11.5 Å². The highest BCUT2D eigenvalue weighted by atomic mass is 32.2. The van der Waals surface area contributed by atoms with Crippen LogP contribution in [-0.2, 0) is 21.4 Å². The molecule has 0 radical (unpaired) electrons. The Kier molecular flexibility index (Phi) is 5.31. The Morgan fingerprint density at radius 1 is 1.04 bits per heavy atom. The standard InChI is InChI=1S/C17H17F2NO4S/c18-16-5-4-14(11-17(16)19)24-12-13-2-1-3-15(10-13)25(21,22)20-6-8-23-9-7-20/h1-5,10-11H,6-9,12H2. The molecule has 1 aliphatic heterocycles. The molecule has 0 amide bonds. The Bertz CT molecular complexity index is 851. The maximum Gasteiger partial charge on any atom is 0.243 e. The van der Waals surface area contributed by atoms with Crippen LogP contribution in [0.25, 0.3) is 0 Å². The third-order valence-corrected chi connectivity index (χ3v) is 5.70. The zero-order valence-corrected chi connectivity index (χ0v) is 14.1. The normalized spacial score (nSPS) is 15.9. The first-order valence-electron chi connectivity index (χ1n) is 7.71. The summed E-state index contributed by atoms with van der Waals surface area (Å²) in [5.74, 6) is -1.78. The Balaban J connectivity index is 1.73. The van der Waals surface area contributed by atoms with Crippen molar-refractivity contribution in [2.24, 2.45) is 0 Å². The second kappa shape index (κ2) is 7.47. The van der Waals surface area contributed by atoms with Crippen molar-refractivity contribution in [1.82, 2.24) is 4.31 Å². The lowest BCUT2D eigenvalue weighted by Crippen LogP contribution is -2.40. The fraction of sp³-hybridized carbons (Fsp3) is 0.294. The van der Waals surface area contributed by atoms with Crippen LogP contribution in [0.5, 0.6) is 5.75 Å². The molecule has 8 heteroatoms. The maximum atomic E-state index is 13.2. The molecule has 1 heterocycles. The number of ether oxygens (including phenoxy) is 2. The quantitative estimate of drug-likeness (QED) is 0.813. The maximum absolute atomic E-state index is 13.2. The summed E-state index contributed by atoms with van der Waals surface area (Å²) in [6, 6.07) is 9.60. The monoisotopic (exact) mass is 369 g/mol. The van der Waals surface area contributed by atoms with Gasteiger partial charge in [-0.15, -0.1) is 0 Å². The van der Waals surface area contributed by atoms with E-state index in [1.54, 1.807) is 12.1 Å². The van der Waals surface area contributed by atoms with Gasteiger partial charge in [0.25, 0.3) is 0 Å². The Hall–Kier alpha value is -2.03. The topological polar surface area (TPSA) is 55.8 Å². The van der Waals surface area contributed by atoms with Crippen molar-refractivity contribution in [3.05, 3.63) is 59.7 Å². The second-order valence-corrected chi connectivity index (χ2v) is 7.47. The van der Waals surface area contributed by atoms with Gasteiger partial charge in [-0.05, 0) is 29.8 Å². The van der Waals surface area contributed by atoms with Crippen molar-refractivity contribution in [3.63, 3.8) is 0 Å².